The molecule has 0 spiro atoms. The summed E-state index contributed by atoms with van der Waals surface area (Å²) in [6.07, 6.45) is 14.7. The molecule has 2 aromatic rings. The summed E-state index contributed by atoms with van der Waals surface area (Å²) in [4.78, 5) is 14.1. The molecule has 0 atom stereocenters. The van der Waals surface area contributed by atoms with Gasteiger partial charge in [-0.2, -0.15) is 0 Å². The van der Waals surface area contributed by atoms with Crippen LogP contribution < -0.4 is 18.9 Å². The number of hydrogen-bond acceptors (Lipinski definition) is 5. The van der Waals surface area contributed by atoms with Crippen LogP contribution in [0, 0.1) is 0 Å². The molecule has 2 aromatic carbocycles. The second kappa shape index (κ2) is 21.9. The molecule has 0 N–H and O–H groups in total. The summed E-state index contributed by atoms with van der Waals surface area (Å²) in [5.41, 5.74) is 2.86. The normalized spacial score (nSPS) is 11.0. The number of Topliss-reactive ketones (excluding diaryl/α,β-unsaturated/α-hetero) is 1. The third kappa shape index (κ3) is 12.7. The molecule has 5 nitrogen and oxygen atoms in total. The van der Waals surface area contributed by atoms with Crippen molar-refractivity contribution in [1.82, 2.24) is 0 Å². The summed E-state index contributed by atoms with van der Waals surface area (Å²) in [5.74, 6) is 2.68. The van der Waals surface area contributed by atoms with Crippen LogP contribution in [0.25, 0.3) is 0 Å². The Morgan fingerprint density at radius 3 is 1.60 bits per heavy atom. The number of ether oxygens (including phenoxy) is 4. The largest absolute Gasteiger partial charge is 0.493 e. The van der Waals surface area contributed by atoms with Gasteiger partial charge in [-0.15, -0.1) is 0 Å². The van der Waals surface area contributed by atoms with Crippen LogP contribution in [0.5, 0.6) is 23.0 Å². The van der Waals surface area contributed by atoms with Gasteiger partial charge in [-0.05, 0) is 67.9 Å². The maximum atomic E-state index is 14.1. The van der Waals surface area contributed by atoms with Crippen molar-refractivity contribution in [1.29, 1.82) is 0 Å². The van der Waals surface area contributed by atoms with Crippen LogP contribution in [0.3, 0.4) is 0 Å². The van der Waals surface area contributed by atoms with Crippen LogP contribution in [0.15, 0.2) is 30.3 Å². The number of benzene rings is 2. The first-order chi connectivity index (χ1) is 20.6. The van der Waals surface area contributed by atoms with Crippen molar-refractivity contribution in [3.8, 4) is 23.0 Å². The lowest BCUT2D eigenvalue weighted by molar-refractivity contribution is 0.0972. The molecule has 0 fully saturated rings. The molecule has 2 rings (SSSR count). The second-order valence-electron chi connectivity index (χ2n) is 11.2. The molecule has 0 unspecified atom stereocenters. The fourth-order valence-corrected chi connectivity index (χ4v) is 4.88. The predicted octanol–water partition coefficient (Wildman–Crippen LogP) is 10.3. The van der Waals surface area contributed by atoms with Crippen molar-refractivity contribution in [2.24, 2.45) is 0 Å². The zero-order valence-corrected chi connectivity index (χ0v) is 27.4. The van der Waals surface area contributed by atoms with Crippen molar-refractivity contribution in [2.75, 3.05) is 26.4 Å². The molecule has 0 aliphatic carbocycles. The third-order valence-electron chi connectivity index (χ3n) is 7.53. The lowest BCUT2D eigenvalue weighted by atomic mass is 9.98. The smallest absolute Gasteiger partial charge is 0.175 e. The summed E-state index contributed by atoms with van der Waals surface area (Å²) >= 11 is 0. The van der Waals surface area contributed by atoms with E-state index in [1.165, 1.54) is 5.56 Å². The summed E-state index contributed by atoms with van der Waals surface area (Å²) < 4.78 is 25.0. The Hall–Kier alpha value is -2.69. The van der Waals surface area contributed by atoms with Gasteiger partial charge in [0.05, 0.1) is 26.4 Å². The molecule has 0 heterocycles. The van der Waals surface area contributed by atoms with E-state index in [4.69, 9.17) is 18.9 Å². The highest BCUT2D eigenvalue weighted by atomic mass is 16.5. The van der Waals surface area contributed by atoms with Gasteiger partial charge in [0.25, 0.3) is 0 Å². The zero-order valence-electron chi connectivity index (χ0n) is 27.4. The number of rotatable bonds is 25. The van der Waals surface area contributed by atoms with Crippen molar-refractivity contribution in [2.45, 2.75) is 131 Å². The van der Waals surface area contributed by atoms with Crippen LogP contribution in [0.4, 0.5) is 0 Å². The average molecular weight is 583 g/mol. The Labute approximate surface area is 256 Å². The molecular formula is C37H58O5. The molecule has 0 aliphatic heterocycles. The van der Waals surface area contributed by atoms with Gasteiger partial charge in [0.2, 0.25) is 0 Å². The molecule has 42 heavy (non-hydrogen) atoms. The van der Waals surface area contributed by atoms with E-state index >= 15 is 0 Å². The van der Waals surface area contributed by atoms with Crippen LogP contribution in [-0.2, 0) is 12.8 Å². The fraction of sp³-hybridized carbons (Fsp3) is 0.649. The molecular weight excluding hydrogens is 524 g/mol. The van der Waals surface area contributed by atoms with E-state index in [9.17, 15) is 4.79 Å². The first-order valence-corrected chi connectivity index (χ1v) is 16.9. The lowest BCUT2D eigenvalue weighted by Crippen LogP contribution is -2.12. The molecule has 236 valence electrons. The van der Waals surface area contributed by atoms with Gasteiger partial charge in [-0.3, -0.25) is 4.79 Å². The van der Waals surface area contributed by atoms with E-state index in [2.05, 4.69) is 52.8 Å². The van der Waals surface area contributed by atoms with Crippen molar-refractivity contribution >= 4 is 5.78 Å². The van der Waals surface area contributed by atoms with Gasteiger partial charge in [0, 0.05) is 6.42 Å². The molecule has 0 aliphatic rings. The number of carbonyl (C=O) groups excluding carboxylic acids is 1. The SMILES string of the molecule is CCCCCOc1ccc(CC)cc1CCC(=O)c1c(OCCCCC)ccc(OCCCCC)c1OCCCCC. The van der Waals surface area contributed by atoms with E-state index in [1.807, 2.05) is 12.1 Å². The van der Waals surface area contributed by atoms with Crippen molar-refractivity contribution in [3.05, 3.63) is 47.0 Å². The summed E-state index contributed by atoms with van der Waals surface area (Å²) in [7, 11) is 0. The molecule has 0 aromatic heterocycles. The molecule has 0 amide bonds. The molecule has 5 heteroatoms. The van der Waals surface area contributed by atoms with E-state index in [-0.39, 0.29) is 5.78 Å². The average Bonchev–Trinajstić information content (AvgIpc) is 3.01. The highest BCUT2D eigenvalue weighted by Crippen LogP contribution is 2.40. The van der Waals surface area contributed by atoms with E-state index in [0.29, 0.717) is 62.1 Å². The zero-order chi connectivity index (χ0) is 30.4. The maximum absolute atomic E-state index is 14.1. The van der Waals surface area contributed by atoms with Gasteiger partial charge >= 0.3 is 0 Å². The fourth-order valence-electron chi connectivity index (χ4n) is 4.88. The lowest BCUT2D eigenvalue weighted by Gasteiger charge is -2.20. The highest BCUT2D eigenvalue weighted by molar-refractivity contribution is 6.02. The van der Waals surface area contributed by atoms with Crippen LogP contribution in [-0.4, -0.2) is 32.2 Å². The Bertz CT molecular complexity index is 1020. The van der Waals surface area contributed by atoms with E-state index in [1.54, 1.807) is 0 Å². The van der Waals surface area contributed by atoms with Crippen LogP contribution >= 0.6 is 0 Å². The second-order valence-corrected chi connectivity index (χ2v) is 11.2. The van der Waals surface area contributed by atoms with Gasteiger partial charge in [0.1, 0.15) is 17.1 Å². The quantitative estimate of drug-likeness (QED) is 0.0861. The van der Waals surface area contributed by atoms with Gasteiger partial charge < -0.3 is 18.9 Å². The van der Waals surface area contributed by atoms with E-state index < -0.39 is 0 Å². The van der Waals surface area contributed by atoms with Crippen molar-refractivity contribution in [3.63, 3.8) is 0 Å². The minimum atomic E-state index is 0.0174. The number of unbranched alkanes of at least 4 members (excludes halogenated alkanes) is 8. The molecule has 0 saturated heterocycles. The van der Waals surface area contributed by atoms with Crippen LogP contribution in [0.2, 0.25) is 0 Å². The monoisotopic (exact) mass is 582 g/mol. The minimum Gasteiger partial charge on any atom is -0.493 e. The van der Waals surface area contributed by atoms with E-state index in [0.717, 1.165) is 94.8 Å². The van der Waals surface area contributed by atoms with Gasteiger partial charge in [-0.1, -0.05) is 98.1 Å². The maximum Gasteiger partial charge on any atom is 0.175 e. The standard InChI is InChI=1S/C37H58O5/c1-6-11-15-25-39-33-22-19-30(10-5)29-31(33)20-21-32(38)36-34(40-26-16-12-7-2)23-24-35(41-27-17-13-8-3)37(36)42-28-18-14-9-4/h19,22-24,29H,6-18,20-21,25-28H2,1-5H3. The number of hydrogen-bond donors (Lipinski definition) is 0. The topological polar surface area (TPSA) is 54.0 Å². The third-order valence-corrected chi connectivity index (χ3v) is 7.53. The number of ketones is 1. The predicted molar refractivity (Wildman–Crippen MR) is 175 cm³/mol. The highest BCUT2D eigenvalue weighted by Gasteiger charge is 2.24. The molecule has 0 radical (unpaired) electrons. The Morgan fingerprint density at radius 2 is 1.05 bits per heavy atom. The number of carbonyl (C=O) groups is 1. The summed E-state index contributed by atoms with van der Waals surface area (Å²) in [6, 6.07) is 10.2. The van der Waals surface area contributed by atoms with Crippen molar-refractivity contribution < 1.29 is 23.7 Å². The Balaban J connectivity index is 2.36. The summed E-state index contributed by atoms with van der Waals surface area (Å²) in [5, 5.41) is 0. The first-order valence-electron chi connectivity index (χ1n) is 16.9. The minimum absolute atomic E-state index is 0.0174. The molecule has 0 saturated carbocycles. The van der Waals surface area contributed by atoms with Crippen LogP contribution in [0.1, 0.15) is 140 Å². The molecule has 0 bridgehead atoms. The van der Waals surface area contributed by atoms with Gasteiger partial charge in [0.15, 0.2) is 17.3 Å². The Kier molecular flexibility index (Phi) is 18.5. The number of aryl methyl sites for hydroxylation is 2. The Morgan fingerprint density at radius 1 is 0.571 bits per heavy atom. The van der Waals surface area contributed by atoms with Gasteiger partial charge in [-0.25, -0.2) is 0 Å². The summed E-state index contributed by atoms with van der Waals surface area (Å²) in [6.45, 7) is 13.3. The first kappa shape index (κ1) is 35.5.